The van der Waals surface area contributed by atoms with Crippen molar-refractivity contribution in [1.82, 2.24) is 10.2 Å². The summed E-state index contributed by atoms with van der Waals surface area (Å²) in [6.45, 7) is 0. The van der Waals surface area contributed by atoms with Crippen molar-refractivity contribution >= 4 is 34.5 Å². The number of carbonyl (C=O) groups excluding carboxylic acids is 1. The Hall–Kier alpha value is -1.97. The number of hydrogen-bond acceptors (Lipinski definition) is 5. The third-order valence-corrected chi connectivity index (χ3v) is 2.88. The molecule has 1 heterocycles. The molecule has 0 bridgehead atoms. The van der Waals surface area contributed by atoms with E-state index < -0.39 is 0 Å². The molecule has 0 atom stereocenters. The molecule has 5 nitrogen and oxygen atoms in total. The smallest absolute Gasteiger partial charge is 0.286 e. The fourth-order valence-electron chi connectivity index (χ4n) is 1.11. The monoisotopic (exact) mass is 264 g/mol. The van der Waals surface area contributed by atoms with Crippen LogP contribution in [0.4, 0.5) is 5.69 Å². The first kappa shape index (κ1) is 11.5. The van der Waals surface area contributed by atoms with Crippen molar-refractivity contribution in [2.24, 2.45) is 0 Å². The molecule has 7 heteroatoms. The molecule has 0 unspecified atom stereocenters. The zero-order valence-corrected chi connectivity index (χ0v) is 9.92. The van der Waals surface area contributed by atoms with Gasteiger partial charge in [0.05, 0.1) is 11.6 Å². The summed E-state index contributed by atoms with van der Waals surface area (Å²) in [5.74, 6) is -0.376. The van der Waals surface area contributed by atoms with Crippen molar-refractivity contribution < 1.29 is 4.79 Å². The summed E-state index contributed by atoms with van der Waals surface area (Å²) in [5, 5.41) is 18.6. The number of benzene rings is 1. The molecular weight excluding hydrogens is 260 g/mol. The molecular formula is C10H5ClN4OS. The van der Waals surface area contributed by atoms with Gasteiger partial charge in [0.1, 0.15) is 0 Å². The topological polar surface area (TPSA) is 78.7 Å². The van der Waals surface area contributed by atoms with E-state index in [-0.39, 0.29) is 15.4 Å². The van der Waals surface area contributed by atoms with Crippen LogP contribution in [0.5, 0.6) is 0 Å². The third kappa shape index (κ3) is 2.78. The fourth-order valence-corrected chi connectivity index (χ4v) is 1.83. The van der Waals surface area contributed by atoms with Crippen LogP contribution in [0, 0.1) is 11.3 Å². The highest BCUT2D eigenvalue weighted by Gasteiger charge is 2.11. The maximum Gasteiger partial charge on any atom is 0.286 e. The summed E-state index contributed by atoms with van der Waals surface area (Å²) in [5.41, 5.74) is 1.11. The van der Waals surface area contributed by atoms with E-state index in [1.807, 2.05) is 6.07 Å². The van der Waals surface area contributed by atoms with E-state index in [0.717, 1.165) is 11.3 Å². The minimum absolute atomic E-state index is 0.194. The molecule has 0 aliphatic carbocycles. The number of rotatable bonds is 2. The van der Waals surface area contributed by atoms with Crippen LogP contribution in [0.25, 0.3) is 0 Å². The number of nitrogens with one attached hydrogen (secondary N) is 1. The Bertz CT molecular complexity index is 587. The first-order chi connectivity index (χ1) is 8.19. The number of amides is 1. The third-order valence-electron chi connectivity index (χ3n) is 1.87. The van der Waals surface area contributed by atoms with Crippen molar-refractivity contribution in [3.63, 3.8) is 0 Å². The van der Waals surface area contributed by atoms with Gasteiger partial charge in [-0.2, -0.15) is 5.26 Å². The van der Waals surface area contributed by atoms with Crippen LogP contribution >= 0.6 is 22.9 Å². The number of hydrogen-bond donors (Lipinski definition) is 1. The maximum absolute atomic E-state index is 11.7. The summed E-state index contributed by atoms with van der Waals surface area (Å²) >= 11 is 6.58. The molecule has 1 aromatic carbocycles. The predicted molar refractivity (Wildman–Crippen MR) is 64.0 cm³/mol. The van der Waals surface area contributed by atoms with Crippen molar-refractivity contribution in [3.05, 3.63) is 39.3 Å². The maximum atomic E-state index is 11.7. The molecule has 17 heavy (non-hydrogen) atoms. The second-order valence-electron chi connectivity index (χ2n) is 3.00. The van der Waals surface area contributed by atoms with Gasteiger partial charge in [-0.3, -0.25) is 4.79 Å². The van der Waals surface area contributed by atoms with Gasteiger partial charge in [0.2, 0.25) is 9.47 Å². The van der Waals surface area contributed by atoms with E-state index in [0.29, 0.717) is 11.3 Å². The highest BCUT2D eigenvalue weighted by atomic mass is 35.5. The quantitative estimate of drug-likeness (QED) is 0.903. The average Bonchev–Trinajstić information content (AvgIpc) is 2.77. The van der Waals surface area contributed by atoms with E-state index in [4.69, 9.17) is 16.9 Å². The molecule has 2 aromatic rings. The van der Waals surface area contributed by atoms with Crippen molar-refractivity contribution in [2.75, 3.05) is 5.32 Å². The van der Waals surface area contributed by atoms with Gasteiger partial charge in [0.15, 0.2) is 0 Å². The fraction of sp³-hybridized carbons (Fsp3) is 0. The first-order valence-electron chi connectivity index (χ1n) is 4.49. The van der Waals surface area contributed by atoms with Crippen LogP contribution < -0.4 is 5.32 Å². The van der Waals surface area contributed by atoms with Gasteiger partial charge in [-0.15, -0.1) is 10.2 Å². The molecule has 0 saturated carbocycles. The molecule has 0 spiro atoms. The van der Waals surface area contributed by atoms with Crippen LogP contribution in [-0.4, -0.2) is 16.1 Å². The highest BCUT2D eigenvalue weighted by molar-refractivity contribution is 7.17. The Morgan fingerprint density at radius 1 is 1.35 bits per heavy atom. The SMILES string of the molecule is N#Cc1ccc(NC(=O)c2nnc(Cl)s2)cc1. The molecule has 0 aliphatic heterocycles. The first-order valence-corrected chi connectivity index (χ1v) is 5.69. The van der Waals surface area contributed by atoms with E-state index in [9.17, 15) is 4.79 Å². The van der Waals surface area contributed by atoms with Gasteiger partial charge in [-0.05, 0) is 35.9 Å². The van der Waals surface area contributed by atoms with Crippen molar-refractivity contribution in [2.45, 2.75) is 0 Å². The summed E-state index contributed by atoms with van der Waals surface area (Å²) < 4.78 is 0.218. The summed E-state index contributed by atoms with van der Waals surface area (Å²) in [7, 11) is 0. The van der Waals surface area contributed by atoms with Gasteiger partial charge in [0, 0.05) is 5.69 Å². The van der Waals surface area contributed by atoms with Crippen LogP contribution in [0.2, 0.25) is 4.47 Å². The molecule has 84 valence electrons. The molecule has 0 aliphatic rings. The minimum Gasteiger partial charge on any atom is -0.320 e. The number of nitrogens with zero attached hydrogens (tertiary/aromatic N) is 3. The lowest BCUT2D eigenvalue weighted by molar-refractivity contribution is 0.102. The molecule has 1 amide bonds. The average molecular weight is 265 g/mol. The molecule has 0 fully saturated rings. The number of nitriles is 1. The highest BCUT2D eigenvalue weighted by Crippen LogP contribution is 2.16. The number of halogens is 1. The number of aromatic nitrogens is 2. The number of carbonyl (C=O) groups is 1. The van der Waals surface area contributed by atoms with Crippen LogP contribution in [0.3, 0.4) is 0 Å². The lowest BCUT2D eigenvalue weighted by Gasteiger charge is -2.01. The zero-order chi connectivity index (χ0) is 12.3. The Labute approximate surface area is 106 Å². The molecule has 1 aromatic heterocycles. The number of anilines is 1. The molecule has 0 radical (unpaired) electrons. The Morgan fingerprint density at radius 3 is 2.59 bits per heavy atom. The van der Waals surface area contributed by atoms with Gasteiger partial charge in [-0.1, -0.05) is 11.3 Å². The van der Waals surface area contributed by atoms with E-state index in [1.165, 1.54) is 0 Å². The van der Waals surface area contributed by atoms with Crippen molar-refractivity contribution in [1.29, 1.82) is 5.26 Å². The Morgan fingerprint density at radius 2 is 2.06 bits per heavy atom. The normalized spacial score (nSPS) is 9.65. The standard InChI is InChI=1S/C10H5ClN4OS/c11-10-15-14-9(17-10)8(16)13-7-3-1-6(5-12)2-4-7/h1-4H,(H,13,16). The molecule has 2 rings (SSSR count). The summed E-state index contributed by atoms with van der Waals surface area (Å²) in [6, 6.07) is 8.50. The van der Waals surface area contributed by atoms with Crippen LogP contribution in [0.1, 0.15) is 15.4 Å². The lowest BCUT2D eigenvalue weighted by atomic mass is 10.2. The summed E-state index contributed by atoms with van der Waals surface area (Å²) in [6.07, 6.45) is 0. The van der Waals surface area contributed by atoms with Crippen LogP contribution in [0.15, 0.2) is 24.3 Å². The minimum atomic E-state index is -0.376. The second-order valence-corrected chi connectivity index (χ2v) is 4.56. The van der Waals surface area contributed by atoms with Gasteiger partial charge >= 0.3 is 0 Å². The molecule has 1 N–H and O–H groups in total. The van der Waals surface area contributed by atoms with E-state index >= 15 is 0 Å². The van der Waals surface area contributed by atoms with Crippen molar-refractivity contribution in [3.8, 4) is 6.07 Å². The van der Waals surface area contributed by atoms with E-state index in [2.05, 4.69) is 15.5 Å². The lowest BCUT2D eigenvalue weighted by Crippen LogP contribution is -2.11. The van der Waals surface area contributed by atoms with E-state index in [1.54, 1.807) is 24.3 Å². The zero-order valence-electron chi connectivity index (χ0n) is 8.35. The second kappa shape index (κ2) is 4.91. The largest absolute Gasteiger partial charge is 0.320 e. The van der Waals surface area contributed by atoms with Crippen LogP contribution in [-0.2, 0) is 0 Å². The van der Waals surface area contributed by atoms with Gasteiger partial charge < -0.3 is 5.32 Å². The Kier molecular flexibility index (Phi) is 3.32. The Balaban J connectivity index is 2.11. The van der Waals surface area contributed by atoms with Gasteiger partial charge in [-0.25, -0.2) is 0 Å². The van der Waals surface area contributed by atoms with Gasteiger partial charge in [0.25, 0.3) is 5.91 Å². The summed E-state index contributed by atoms with van der Waals surface area (Å²) in [4.78, 5) is 11.7. The molecule has 0 saturated heterocycles. The predicted octanol–water partition coefficient (Wildman–Crippen LogP) is 2.32.